The van der Waals surface area contributed by atoms with Crippen LogP contribution in [0.4, 0.5) is 0 Å². The number of hydrogen-bond acceptors (Lipinski definition) is 2. The molecule has 3 nitrogen and oxygen atoms in total. The van der Waals surface area contributed by atoms with E-state index >= 15 is 0 Å². The van der Waals surface area contributed by atoms with Crippen molar-refractivity contribution in [3.05, 3.63) is 18.0 Å². The van der Waals surface area contributed by atoms with Gasteiger partial charge in [0.05, 0.1) is 0 Å². The molecule has 1 aromatic heterocycles. The van der Waals surface area contributed by atoms with Crippen molar-refractivity contribution in [2.24, 2.45) is 16.7 Å². The molecule has 1 heterocycles. The molecule has 1 aliphatic rings. The summed E-state index contributed by atoms with van der Waals surface area (Å²) in [7, 11) is 0. The van der Waals surface area contributed by atoms with E-state index in [2.05, 4.69) is 43.2 Å². The van der Waals surface area contributed by atoms with E-state index in [1.54, 1.807) is 6.20 Å². The third-order valence-electron chi connectivity index (χ3n) is 4.54. The van der Waals surface area contributed by atoms with Crippen molar-refractivity contribution in [3.8, 4) is 0 Å². The average molecular weight is 207 g/mol. The zero-order valence-corrected chi connectivity index (χ0v) is 10.1. The molecule has 0 aliphatic heterocycles. The number of nitrogens with zero attached hydrogens (tertiary/aromatic N) is 1. The number of aromatic amines is 1. The quantitative estimate of drug-likeness (QED) is 0.794. The topological polar surface area (TPSA) is 40.7 Å². The molecule has 1 aliphatic carbocycles. The minimum absolute atomic E-state index is 0.480. The van der Waals surface area contributed by atoms with Crippen molar-refractivity contribution >= 4 is 0 Å². The van der Waals surface area contributed by atoms with E-state index in [9.17, 15) is 0 Å². The Bertz CT molecular complexity index is 311. The Morgan fingerprint density at radius 2 is 2.00 bits per heavy atom. The summed E-state index contributed by atoms with van der Waals surface area (Å²) in [4.78, 5) is 0. The molecule has 84 valence electrons. The van der Waals surface area contributed by atoms with E-state index in [1.165, 1.54) is 0 Å². The Morgan fingerprint density at radius 1 is 1.33 bits per heavy atom. The molecule has 15 heavy (non-hydrogen) atoms. The molecule has 0 atom stereocenters. The van der Waals surface area contributed by atoms with Crippen LogP contribution in [-0.4, -0.2) is 16.7 Å². The number of hydrogen-bond donors (Lipinski definition) is 2. The summed E-state index contributed by atoms with van der Waals surface area (Å²) in [5.41, 5.74) is 2.12. The van der Waals surface area contributed by atoms with Gasteiger partial charge in [-0.25, -0.2) is 0 Å². The normalized spacial score (nSPS) is 22.9. The van der Waals surface area contributed by atoms with Gasteiger partial charge in [0, 0.05) is 18.4 Å². The Hall–Kier alpha value is -0.830. The van der Waals surface area contributed by atoms with Gasteiger partial charge < -0.3 is 5.32 Å². The molecule has 0 spiro atoms. The highest BCUT2D eigenvalue weighted by Gasteiger charge is 2.63. The Balaban J connectivity index is 1.77. The molecule has 0 radical (unpaired) electrons. The van der Waals surface area contributed by atoms with E-state index in [1.807, 2.05) is 6.07 Å². The van der Waals surface area contributed by atoms with Crippen molar-refractivity contribution in [1.29, 1.82) is 0 Å². The van der Waals surface area contributed by atoms with Gasteiger partial charge in [0.1, 0.15) is 0 Å². The molecule has 1 aromatic rings. The summed E-state index contributed by atoms with van der Waals surface area (Å²) < 4.78 is 0. The van der Waals surface area contributed by atoms with Crippen LogP contribution < -0.4 is 5.32 Å². The van der Waals surface area contributed by atoms with Crippen LogP contribution in [-0.2, 0) is 6.54 Å². The van der Waals surface area contributed by atoms with Gasteiger partial charge in [-0.05, 0) is 29.4 Å². The van der Waals surface area contributed by atoms with Crippen LogP contribution in [0, 0.1) is 16.7 Å². The van der Waals surface area contributed by atoms with Gasteiger partial charge in [-0.2, -0.15) is 5.10 Å². The predicted molar refractivity (Wildman–Crippen MR) is 61.3 cm³/mol. The van der Waals surface area contributed by atoms with Gasteiger partial charge in [0.25, 0.3) is 0 Å². The van der Waals surface area contributed by atoms with Crippen molar-refractivity contribution < 1.29 is 0 Å². The van der Waals surface area contributed by atoms with E-state index in [0.717, 1.165) is 24.7 Å². The summed E-state index contributed by atoms with van der Waals surface area (Å²) in [5.74, 6) is 0.785. The second-order valence-electron chi connectivity index (χ2n) is 5.71. The van der Waals surface area contributed by atoms with Crippen molar-refractivity contribution in [3.63, 3.8) is 0 Å². The van der Waals surface area contributed by atoms with E-state index in [4.69, 9.17) is 0 Å². The van der Waals surface area contributed by atoms with Crippen LogP contribution in [0.3, 0.4) is 0 Å². The van der Waals surface area contributed by atoms with Crippen LogP contribution in [0.25, 0.3) is 0 Å². The highest BCUT2D eigenvalue weighted by atomic mass is 15.1. The van der Waals surface area contributed by atoms with Gasteiger partial charge in [0.15, 0.2) is 0 Å². The maximum Gasteiger partial charge on any atom is 0.0490 e. The largest absolute Gasteiger partial charge is 0.311 e. The van der Waals surface area contributed by atoms with Crippen LogP contribution in [0.15, 0.2) is 12.3 Å². The van der Waals surface area contributed by atoms with E-state index in [-0.39, 0.29) is 0 Å². The first-order chi connectivity index (χ1) is 6.96. The van der Waals surface area contributed by atoms with Crippen molar-refractivity contribution in [2.75, 3.05) is 6.54 Å². The first kappa shape index (κ1) is 10.7. The standard InChI is InChI=1S/C12H21N3/c1-11(2)10(12(11,3)4)8-13-7-9-5-6-14-15-9/h5-6,10,13H,7-8H2,1-4H3,(H,14,15). The third-order valence-corrected chi connectivity index (χ3v) is 4.54. The lowest BCUT2D eigenvalue weighted by Crippen LogP contribution is -2.19. The van der Waals surface area contributed by atoms with Gasteiger partial charge in [-0.3, -0.25) is 5.10 Å². The SMILES string of the molecule is CC1(C)C(CNCc2ccn[nH]2)C1(C)C. The lowest BCUT2D eigenvalue weighted by Gasteiger charge is -2.04. The van der Waals surface area contributed by atoms with Crippen LogP contribution in [0.5, 0.6) is 0 Å². The molecule has 0 saturated heterocycles. The van der Waals surface area contributed by atoms with Gasteiger partial charge >= 0.3 is 0 Å². The molecule has 2 N–H and O–H groups in total. The van der Waals surface area contributed by atoms with Crippen LogP contribution in [0.2, 0.25) is 0 Å². The maximum absolute atomic E-state index is 3.93. The molecular weight excluding hydrogens is 186 g/mol. The molecule has 2 rings (SSSR count). The molecular formula is C12H21N3. The lowest BCUT2D eigenvalue weighted by molar-refractivity contribution is 0.457. The Labute approximate surface area is 91.7 Å². The Kier molecular flexibility index (Phi) is 2.38. The smallest absolute Gasteiger partial charge is 0.0490 e. The molecule has 3 heteroatoms. The fourth-order valence-electron chi connectivity index (χ4n) is 2.58. The monoisotopic (exact) mass is 207 g/mol. The van der Waals surface area contributed by atoms with E-state index in [0.29, 0.717) is 10.8 Å². The second-order valence-corrected chi connectivity index (χ2v) is 5.71. The Morgan fingerprint density at radius 3 is 2.47 bits per heavy atom. The number of aromatic nitrogens is 2. The number of H-pyrrole nitrogens is 1. The van der Waals surface area contributed by atoms with Crippen LogP contribution >= 0.6 is 0 Å². The number of rotatable bonds is 4. The predicted octanol–water partition coefficient (Wildman–Crippen LogP) is 2.18. The summed E-state index contributed by atoms with van der Waals surface area (Å²) >= 11 is 0. The fraction of sp³-hybridized carbons (Fsp3) is 0.750. The molecule has 1 saturated carbocycles. The first-order valence-corrected chi connectivity index (χ1v) is 5.65. The summed E-state index contributed by atoms with van der Waals surface area (Å²) in [6.45, 7) is 11.4. The second kappa shape index (κ2) is 3.34. The average Bonchev–Trinajstić information content (AvgIpc) is 2.62. The molecule has 0 bridgehead atoms. The van der Waals surface area contributed by atoms with Crippen LogP contribution in [0.1, 0.15) is 33.4 Å². The first-order valence-electron chi connectivity index (χ1n) is 5.65. The third kappa shape index (κ3) is 1.69. The van der Waals surface area contributed by atoms with Gasteiger partial charge in [-0.1, -0.05) is 27.7 Å². The van der Waals surface area contributed by atoms with Crippen molar-refractivity contribution in [1.82, 2.24) is 15.5 Å². The minimum atomic E-state index is 0.480. The lowest BCUT2D eigenvalue weighted by atomic mass is 10.0. The zero-order chi connectivity index (χ0) is 11.1. The van der Waals surface area contributed by atoms with Crippen molar-refractivity contribution in [2.45, 2.75) is 34.2 Å². The summed E-state index contributed by atoms with van der Waals surface area (Å²) in [6.07, 6.45) is 1.79. The highest BCUT2D eigenvalue weighted by Crippen LogP contribution is 2.67. The summed E-state index contributed by atoms with van der Waals surface area (Å²) in [6, 6.07) is 2.01. The molecule has 1 fully saturated rings. The molecule has 0 amide bonds. The molecule has 0 unspecified atom stereocenters. The van der Waals surface area contributed by atoms with E-state index < -0.39 is 0 Å². The highest BCUT2D eigenvalue weighted by molar-refractivity contribution is 5.13. The van der Waals surface area contributed by atoms with Gasteiger partial charge in [0.2, 0.25) is 0 Å². The van der Waals surface area contributed by atoms with Gasteiger partial charge in [-0.15, -0.1) is 0 Å². The fourth-order valence-corrected chi connectivity index (χ4v) is 2.58. The zero-order valence-electron chi connectivity index (χ0n) is 10.1. The minimum Gasteiger partial charge on any atom is -0.311 e. The maximum atomic E-state index is 3.93. The molecule has 0 aromatic carbocycles. The summed E-state index contributed by atoms with van der Waals surface area (Å²) in [5, 5.41) is 10.4. The number of nitrogens with one attached hydrogen (secondary N) is 2.